The Morgan fingerprint density at radius 3 is 2.00 bits per heavy atom. The first-order chi connectivity index (χ1) is 15.9. The van der Waals surface area contributed by atoms with Gasteiger partial charge in [-0.25, -0.2) is 0 Å². The fourth-order valence-corrected chi connectivity index (χ4v) is 5.24. The van der Waals surface area contributed by atoms with Gasteiger partial charge in [-0.1, -0.05) is 60.8 Å². The average Bonchev–Trinajstić information content (AvgIpc) is 3.06. The lowest BCUT2D eigenvalue weighted by atomic mass is 9.86. The molecule has 4 nitrogen and oxygen atoms in total. The van der Waals surface area contributed by atoms with Crippen LogP contribution in [-0.2, 0) is 17.4 Å². The Hall–Kier alpha value is -2.10. The van der Waals surface area contributed by atoms with Crippen molar-refractivity contribution in [1.82, 2.24) is 14.9 Å². The van der Waals surface area contributed by atoms with Gasteiger partial charge in [-0.2, -0.15) is 0 Å². The molecule has 2 aliphatic carbocycles. The second-order valence-electron chi connectivity index (χ2n) is 12.9. The van der Waals surface area contributed by atoms with Crippen molar-refractivity contribution in [3.63, 3.8) is 0 Å². The average molecular weight is 464 g/mol. The molecule has 1 amide bonds. The maximum Gasteiger partial charge on any atom is 0.253 e. The molecule has 2 heterocycles. The van der Waals surface area contributed by atoms with E-state index in [1.807, 2.05) is 0 Å². The summed E-state index contributed by atoms with van der Waals surface area (Å²) in [4.78, 5) is 18.4. The zero-order valence-corrected chi connectivity index (χ0v) is 22.6. The molecule has 0 aliphatic heterocycles. The summed E-state index contributed by atoms with van der Waals surface area (Å²) >= 11 is 0. The van der Waals surface area contributed by atoms with Gasteiger partial charge in [0.15, 0.2) is 0 Å². The molecule has 186 valence electrons. The molecule has 4 heteroatoms. The number of amides is 1. The van der Waals surface area contributed by atoms with Crippen LogP contribution in [0.5, 0.6) is 0 Å². The lowest BCUT2D eigenvalue weighted by molar-refractivity contribution is 0.0916. The number of carbonyl (C=O) groups is 1. The third kappa shape index (κ3) is 5.42. The molecule has 2 aromatic heterocycles. The summed E-state index contributed by atoms with van der Waals surface area (Å²) in [7, 11) is 0. The van der Waals surface area contributed by atoms with Gasteiger partial charge in [0.2, 0.25) is 0 Å². The van der Waals surface area contributed by atoms with Crippen LogP contribution in [0.2, 0.25) is 0 Å². The van der Waals surface area contributed by atoms with Crippen molar-refractivity contribution in [3.05, 3.63) is 40.8 Å². The van der Waals surface area contributed by atoms with Crippen LogP contribution in [0.4, 0.5) is 0 Å². The zero-order chi connectivity index (χ0) is 24.7. The normalized spacial score (nSPS) is 18.1. The molecule has 0 unspecified atom stereocenters. The molecule has 2 saturated carbocycles. The highest BCUT2D eigenvalue weighted by Crippen LogP contribution is 2.35. The van der Waals surface area contributed by atoms with E-state index in [4.69, 9.17) is 4.98 Å². The number of pyridine rings is 1. The Balaban J connectivity index is 1.81. The topological polar surface area (TPSA) is 46.9 Å². The first-order valence-corrected chi connectivity index (χ1v) is 13.5. The molecule has 1 N–H and O–H groups in total. The molecule has 0 radical (unpaired) electrons. The minimum absolute atomic E-state index is 0.0454. The highest BCUT2D eigenvalue weighted by atomic mass is 16.1. The van der Waals surface area contributed by atoms with Crippen molar-refractivity contribution >= 4 is 5.91 Å². The number of nitrogens with one attached hydrogen (secondary N) is 1. The van der Waals surface area contributed by atoms with E-state index in [1.54, 1.807) is 0 Å². The Kier molecular flexibility index (Phi) is 6.99. The third-order valence-corrected chi connectivity index (χ3v) is 7.88. The molecule has 0 aromatic carbocycles. The number of rotatable bonds is 5. The Bertz CT molecular complexity index is 992. The van der Waals surface area contributed by atoms with Gasteiger partial charge in [-0.05, 0) is 63.1 Å². The van der Waals surface area contributed by atoms with E-state index in [-0.39, 0.29) is 16.7 Å². The van der Waals surface area contributed by atoms with E-state index in [2.05, 4.69) is 76.5 Å². The second kappa shape index (κ2) is 9.51. The minimum atomic E-state index is -0.0454. The number of nitrogens with zero attached hydrogens (tertiary/aromatic N) is 2. The highest BCUT2D eigenvalue weighted by Gasteiger charge is 2.28. The van der Waals surface area contributed by atoms with Gasteiger partial charge in [0.1, 0.15) is 0 Å². The summed E-state index contributed by atoms with van der Waals surface area (Å²) in [5, 5.41) is 3.28. The smallest absolute Gasteiger partial charge is 0.253 e. The SMILES string of the molecule is Cc1c(C(=O)NC2CCC2)cc(-c2cc(C(C)(C)C)nc(C(C)(C)C)c2)n1CC1CCCCC1. The summed E-state index contributed by atoms with van der Waals surface area (Å²) in [6.07, 6.45) is 10.0. The van der Waals surface area contributed by atoms with Gasteiger partial charge in [-0.15, -0.1) is 0 Å². The van der Waals surface area contributed by atoms with E-state index in [1.165, 1.54) is 49.8 Å². The minimum Gasteiger partial charge on any atom is -0.349 e. The van der Waals surface area contributed by atoms with Crippen LogP contribution < -0.4 is 5.32 Å². The molecular weight excluding hydrogens is 418 g/mol. The van der Waals surface area contributed by atoms with Gasteiger partial charge in [0, 0.05) is 51.8 Å². The highest BCUT2D eigenvalue weighted by molar-refractivity contribution is 5.97. The predicted octanol–water partition coefficient (Wildman–Crippen LogP) is 7.32. The first kappa shape index (κ1) is 25.0. The van der Waals surface area contributed by atoms with Gasteiger partial charge >= 0.3 is 0 Å². The fraction of sp³-hybridized carbons (Fsp3) is 0.667. The maximum absolute atomic E-state index is 13.3. The van der Waals surface area contributed by atoms with Crippen LogP contribution in [0.15, 0.2) is 18.2 Å². The van der Waals surface area contributed by atoms with Crippen molar-refractivity contribution in [1.29, 1.82) is 0 Å². The summed E-state index contributed by atoms with van der Waals surface area (Å²) < 4.78 is 2.44. The lowest BCUT2D eigenvalue weighted by Crippen LogP contribution is -2.39. The largest absolute Gasteiger partial charge is 0.349 e. The Morgan fingerprint density at radius 2 is 1.50 bits per heavy atom. The monoisotopic (exact) mass is 463 g/mol. The second-order valence-corrected chi connectivity index (χ2v) is 12.9. The van der Waals surface area contributed by atoms with Crippen LogP contribution in [0.1, 0.15) is 120 Å². The standard InChI is InChI=1S/C30H45N3O/c1-20-24(28(34)31-23-14-11-15-23)18-25(33(20)19-21-12-9-8-10-13-21)22-16-26(29(2,3)4)32-27(17-22)30(5,6)7/h16-18,21,23H,8-15,19H2,1-7H3,(H,31,34). The first-order valence-electron chi connectivity index (χ1n) is 13.5. The lowest BCUT2D eigenvalue weighted by Gasteiger charge is -2.27. The fourth-order valence-electron chi connectivity index (χ4n) is 5.24. The van der Waals surface area contributed by atoms with Crippen molar-refractivity contribution in [2.45, 2.75) is 123 Å². The van der Waals surface area contributed by atoms with Gasteiger partial charge in [-0.3, -0.25) is 9.78 Å². The van der Waals surface area contributed by atoms with Crippen molar-refractivity contribution in [2.75, 3.05) is 0 Å². The predicted molar refractivity (Wildman–Crippen MR) is 141 cm³/mol. The molecule has 0 atom stereocenters. The molecule has 0 bridgehead atoms. The zero-order valence-electron chi connectivity index (χ0n) is 22.6. The Labute approximate surface area is 206 Å². The van der Waals surface area contributed by atoms with Crippen molar-refractivity contribution in [2.24, 2.45) is 5.92 Å². The van der Waals surface area contributed by atoms with E-state index in [0.29, 0.717) is 12.0 Å². The van der Waals surface area contributed by atoms with Gasteiger partial charge in [0.05, 0.1) is 5.56 Å². The van der Waals surface area contributed by atoms with Crippen LogP contribution >= 0.6 is 0 Å². The molecule has 2 aliphatic rings. The van der Waals surface area contributed by atoms with Gasteiger partial charge < -0.3 is 9.88 Å². The van der Waals surface area contributed by atoms with Crippen molar-refractivity contribution in [3.8, 4) is 11.3 Å². The molecule has 0 spiro atoms. The maximum atomic E-state index is 13.3. The number of carbonyl (C=O) groups excluding carboxylic acids is 1. The Morgan fingerprint density at radius 1 is 0.912 bits per heavy atom. The quantitative estimate of drug-likeness (QED) is 0.505. The van der Waals surface area contributed by atoms with Crippen LogP contribution in [0.25, 0.3) is 11.3 Å². The molecule has 34 heavy (non-hydrogen) atoms. The number of hydrogen-bond donors (Lipinski definition) is 1. The number of hydrogen-bond acceptors (Lipinski definition) is 2. The van der Waals surface area contributed by atoms with E-state index in [0.717, 1.165) is 42.0 Å². The van der Waals surface area contributed by atoms with Crippen LogP contribution in [-0.4, -0.2) is 21.5 Å². The van der Waals surface area contributed by atoms with E-state index >= 15 is 0 Å². The third-order valence-electron chi connectivity index (χ3n) is 7.88. The molecule has 2 fully saturated rings. The molecular formula is C30H45N3O. The summed E-state index contributed by atoms with van der Waals surface area (Å²) in [5.74, 6) is 0.777. The van der Waals surface area contributed by atoms with Crippen LogP contribution in [0.3, 0.4) is 0 Å². The summed E-state index contributed by atoms with van der Waals surface area (Å²) in [5.41, 5.74) is 6.42. The van der Waals surface area contributed by atoms with Crippen molar-refractivity contribution < 1.29 is 4.79 Å². The summed E-state index contributed by atoms with van der Waals surface area (Å²) in [6, 6.07) is 7.02. The van der Waals surface area contributed by atoms with E-state index in [9.17, 15) is 4.79 Å². The number of aromatic nitrogens is 2. The molecule has 2 aromatic rings. The van der Waals surface area contributed by atoms with Crippen LogP contribution in [0, 0.1) is 12.8 Å². The van der Waals surface area contributed by atoms with E-state index < -0.39 is 0 Å². The molecule has 4 rings (SSSR count). The van der Waals surface area contributed by atoms with Gasteiger partial charge in [0.25, 0.3) is 5.91 Å². The molecule has 0 saturated heterocycles. The summed E-state index contributed by atoms with van der Waals surface area (Å²) in [6.45, 7) is 16.5.